The van der Waals surface area contributed by atoms with Gasteiger partial charge in [0.25, 0.3) is 8.32 Å². The summed E-state index contributed by atoms with van der Waals surface area (Å²) >= 11 is 0. The molecule has 1 rings (SSSR count). The molecule has 0 bridgehead atoms. The maximum atomic E-state index is 13.6. The number of hydrogen-bond donors (Lipinski definition) is 1. The standard InChI is InChI=1S/C26H51NO3Si3/c1-24(2,3)31(10,11)27-22(23(28)30-33(14,15)26(7,8)9)20-16-18-21(19-17-20)29-32(12,13)25(4,5)6/h16-19,22,27H,1-15H3. The monoisotopic (exact) mass is 509 g/mol. The molecule has 1 unspecified atom stereocenters. The maximum absolute atomic E-state index is 13.6. The van der Waals surface area contributed by atoms with Gasteiger partial charge in [-0.2, -0.15) is 0 Å². The van der Waals surface area contributed by atoms with E-state index in [1.165, 1.54) is 0 Å². The van der Waals surface area contributed by atoms with Crippen molar-refractivity contribution in [1.29, 1.82) is 0 Å². The van der Waals surface area contributed by atoms with Crippen molar-refractivity contribution in [2.75, 3.05) is 0 Å². The Kier molecular flexibility index (Phi) is 8.79. The zero-order valence-electron chi connectivity index (χ0n) is 24.1. The van der Waals surface area contributed by atoms with Crippen LogP contribution in [0, 0.1) is 0 Å². The van der Waals surface area contributed by atoms with Gasteiger partial charge in [0.1, 0.15) is 20.0 Å². The zero-order valence-corrected chi connectivity index (χ0v) is 27.1. The lowest BCUT2D eigenvalue weighted by atomic mass is 10.1. The van der Waals surface area contributed by atoms with E-state index in [-0.39, 0.29) is 21.1 Å². The van der Waals surface area contributed by atoms with Gasteiger partial charge in [-0.1, -0.05) is 87.5 Å². The van der Waals surface area contributed by atoms with Crippen LogP contribution in [0.1, 0.15) is 73.9 Å². The van der Waals surface area contributed by atoms with Crippen molar-refractivity contribution in [3.63, 3.8) is 0 Å². The fourth-order valence-corrected chi connectivity index (χ4v) is 5.89. The first kappa shape index (κ1) is 30.1. The molecule has 0 aliphatic heterocycles. The first-order valence-corrected chi connectivity index (χ1v) is 21.0. The van der Waals surface area contributed by atoms with E-state index in [4.69, 9.17) is 8.85 Å². The SMILES string of the molecule is CC(C)(C)[Si](C)(C)NC(C(=O)O[Si](C)(C)C(C)(C)C)c1ccc(O[Si](C)(C)C(C)(C)C)cc1. The second-order valence-corrected chi connectivity index (χ2v) is 28.6. The number of rotatable bonds is 7. The smallest absolute Gasteiger partial charge is 0.313 e. The largest absolute Gasteiger partial charge is 0.544 e. The molecule has 1 N–H and O–H groups in total. The minimum absolute atomic E-state index is 0.0367. The minimum Gasteiger partial charge on any atom is -0.544 e. The molecule has 0 aromatic heterocycles. The summed E-state index contributed by atoms with van der Waals surface area (Å²) < 4.78 is 12.7. The Morgan fingerprint density at radius 2 is 1.15 bits per heavy atom. The van der Waals surface area contributed by atoms with Crippen LogP contribution in [0.25, 0.3) is 0 Å². The number of carbonyl (C=O) groups is 1. The predicted molar refractivity (Wildman–Crippen MR) is 151 cm³/mol. The molecule has 0 amide bonds. The molecule has 1 atom stereocenters. The number of nitrogens with one attached hydrogen (secondary N) is 1. The highest BCUT2D eigenvalue weighted by atomic mass is 28.4. The first-order valence-electron chi connectivity index (χ1n) is 12.2. The summed E-state index contributed by atoms with van der Waals surface area (Å²) in [4.78, 5) is 17.4. The van der Waals surface area contributed by atoms with Gasteiger partial charge in [-0.3, -0.25) is 4.79 Å². The third-order valence-corrected chi connectivity index (χ3v) is 21.6. The lowest BCUT2D eigenvalue weighted by Crippen LogP contribution is -2.56. The van der Waals surface area contributed by atoms with E-state index < -0.39 is 30.9 Å². The zero-order chi connectivity index (χ0) is 26.3. The van der Waals surface area contributed by atoms with Crippen molar-refractivity contribution >= 4 is 30.8 Å². The molecule has 33 heavy (non-hydrogen) atoms. The number of benzene rings is 1. The Labute approximate surface area is 207 Å². The van der Waals surface area contributed by atoms with Crippen LogP contribution in [-0.2, 0) is 9.22 Å². The molecule has 4 nitrogen and oxygen atoms in total. The molecule has 1 aromatic rings. The van der Waals surface area contributed by atoms with Gasteiger partial charge in [0.05, 0.1) is 0 Å². The summed E-state index contributed by atoms with van der Waals surface area (Å²) in [6.45, 7) is 33.3. The molecular weight excluding hydrogens is 459 g/mol. The van der Waals surface area contributed by atoms with Gasteiger partial charge < -0.3 is 13.8 Å². The quantitative estimate of drug-likeness (QED) is 0.376. The molecule has 0 fully saturated rings. The molecule has 0 aliphatic carbocycles. The Balaban J connectivity index is 3.33. The summed E-state index contributed by atoms with van der Waals surface area (Å²) in [5.41, 5.74) is 0.936. The van der Waals surface area contributed by atoms with Crippen molar-refractivity contribution in [1.82, 2.24) is 4.98 Å². The van der Waals surface area contributed by atoms with E-state index in [0.717, 1.165) is 11.3 Å². The molecule has 0 saturated carbocycles. The van der Waals surface area contributed by atoms with Crippen LogP contribution in [0.3, 0.4) is 0 Å². The van der Waals surface area contributed by atoms with Gasteiger partial charge in [0, 0.05) is 0 Å². The Hall–Kier alpha value is -0.899. The maximum Gasteiger partial charge on any atom is 0.313 e. The molecule has 7 heteroatoms. The van der Waals surface area contributed by atoms with Gasteiger partial charge in [-0.25, -0.2) is 0 Å². The normalized spacial score (nSPS) is 15.2. The topological polar surface area (TPSA) is 47.6 Å². The predicted octanol–water partition coefficient (Wildman–Crippen LogP) is 8.25. The van der Waals surface area contributed by atoms with E-state index in [9.17, 15) is 4.79 Å². The molecule has 1 aromatic carbocycles. The van der Waals surface area contributed by atoms with Gasteiger partial charge in [-0.15, -0.1) is 0 Å². The van der Waals surface area contributed by atoms with Crippen LogP contribution in [0.5, 0.6) is 5.75 Å². The van der Waals surface area contributed by atoms with Crippen molar-refractivity contribution in [3.05, 3.63) is 29.8 Å². The van der Waals surface area contributed by atoms with E-state index in [1.54, 1.807) is 0 Å². The van der Waals surface area contributed by atoms with Gasteiger partial charge >= 0.3 is 5.97 Å². The van der Waals surface area contributed by atoms with Gasteiger partial charge in [0.2, 0.25) is 8.32 Å². The van der Waals surface area contributed by atoms with Crippen LogP contribution < -0.4 is 9.41 Å². The number of hydrogen-bond acceptors (Lipinski definition) is 4. The van der Waals surface area contributed by atoms with Crippen molar-refractivity contribution in [2.45, 2.75) is 123 Å². The van der Waals surface area contributed by atoms with Crippen molar-refractivity contribution < 1.29 is 13.6 Å². The summed E-state index contributed by atoms with van der Waals surface area (Å²) in [7, 11) is -6.14. The molecule has 0 heterocycles. The minimum atomic E-state index is -2.24. The van der Waals surface area contributed by atoms with E-state index in [1.807, 2.05) is 24.3 Å². The van der Waals surface area contributed by atoms with Crippen molar-refractivity contribution in [3.8, 4) is 5.75 Å². The summed E-state index contributed by atoms with van der Waals surface area (Å²) in [6, 6.07) is 7.59. The van der Waals surface area contributed by atoms with Crippen LogP contribution in [0.4, 0.5) is 0 Å². The average molecular weight is 510 g/mol. The highest BCUT2D eigenvalue weighted by molar-refractivity contribution is 6.78. The molecule has 190 valence electrons. The lowest BCUT2D eigenvalue weighted by molar-refractivity contribution is -0.137. The van der Waals surface area contributed by atoms with Gasteiger partial charge in [0.15, 0.2) is 0 Å². The third kappa shape index (κ3) is 7.54. The molecule has 0 saturated heterocycles. The van der Waals surface area contributed by atoms with Crippen molar-refractivity contribution in [2.24, 2.45) is 0 Å². The Bertz CT molecular complexity index is 811. The fraction of sp³-hybridized carbons (Fsp3) is 0.731. The second kappa shape index (κ2) is 9.63. The third-order valence-electron chi connectivity index (χ3n) is 8.17. The molecule has 0 radical (unpaired) electrons. The number of carbonyl (C=O) groups excluding carboxylic acids is 1. The Morgan fingerprint density at radius 1 is 0.727 bits per heavy atom. The van der Waals surface area contributed by atoms with E-state index in [2.05, 4.69) is 107 Å². The highest BCUT2D eigenvalue weighted by Gasteiger charge is 2.44. The molecule has 0 spiro atoms. The first-order chi connectivity index (χ1) is 14.4. The summed E-state index contributed by atoms with van der Waals surface area (Å²) in [5, 5.41) is 0.185. The lowest BCUT2D eigenvalue weighted by Gasteiger charge is -2.42. The van der Waals surface area contributed by atoms with Crippen LogP contribution in [0.15, 0.2) is 24.3 Å². The second-order valence-electron chi connectivity index (χ2n) is 14.1. The summed E-state index contributed by atoms with van der Waals surface area (Å²) in [5.74, 6) is 0.707. The highest BCUT2D eigenvalue weighted by Crippen LogP contribution is 2.40. The fourth-order valence-electron chi connectivity index (χ4n) is 2.50. The van der Waals surface area contributed by atoms with Gasteiger partial charge in [-0.05, 0) is 59.0 Å². The average Bonchev–Trinajstić information content (AvgIpc) is 2.56. The molecular formula is C26H51NO3Si3. The van der Waals surface area contributed by atoms with E-state index >= 15 is 0 Å². The molecule has 0 aliphatic rings. The van der Waals surface area contributed by atoms with Crippen LogP contribution in [-0.4, -0.2) is 30.8 Å². The van der Waals surface area contributed by atoms with Crippen LogP contribution >= 0.6 is 0 Å². The summed E-state index contributed by atoms with van der Waals surface area (Å²) in [6.07, 6.45) is 0. The van der Waals surface area contributed by atoms with Crippen LogP contribution in [0.2, 0.25) is 54.4 Å². The van der Waals surface area contributed by atoms with E-state index in [0.29, 0.717) is 0 Å². The Morgan fingerprint density at radius 3 is 1.52 bits per heavy atom.